The standard InChI is InChI=1S/C28H20ClN3O6S2/c1-14-5-7-17(8-6-14)31-26(33)22-21(23-25(30-28(35)40-23)39-24(22)27(31)34)19-12-18(32(36)37)9-10-20(19)38-13-15-3-2-4-16(29)11-15/h2-12,21-22,24H,13H2,1H3,(H,30,35). The van der Waals surface area contributed by atoms with Gasteiger partial charge in [-0.1, -0.05) is 64.5 Å². The Balaban J connectivity index is 1.48. The number of carbonyl (C=O) groups excluding carboxylic acids is 2. The van der Waals surface area contributed by atoms with Gasteiger partial charge < -0.3 is 9.72 Å². The number of thioether (sulfide) groups is 1. The zero-order chi connectivity index (χ0) is 28.1. The summed E-state index contributed by atoms with van der Waals surface area (Å²) in [6.45, 7) is 2.02. The van der Waals surface area contributed by atoms with Gasteiger partial charge in [-0.05, 0) is 42.8 Å². The number of halogens is 1. The number of nitrogens with zero attached hydrogens (tertiary/aromatic N) is 2. The van der Waals surface area contributed by atoms with E-state index in [4.69, 9.17) is 16.3 Å². The van der Waals surface area contributed by atoms with E-state index in [1.807, 2.05) is 25.1 Å². The summed E-state index contributed by atoms with van der Waals surface area (Å²) in [5.74, 6) is -2.27. The van der Waals surface area contributed by atoms with E-state index in [0.717, 1.165) is 34.2 Å². The molecule has 0 spiro atoms. The van der Waals surface area contributed by atoms with Crippen molar-refractivity contribution >= 4 is 57.9 Å². The van der Waals surface area contributed by atoms with E-state index in [0.29, 0.717) is 31.9 Å². The van der Waals surface area contributed by atoms with Crippen LogP contribution in [0.15, 0.2) is 76.6 Å². The molecular formula is C28H20ClN3O6S2. The van der Waals surface area contributed by atoms with Crippen LogP contribution in [0.25, 0.3) is 0 Å². The molecule has 1 aromatic heterocycles. The van der Waals surface area contributed by atoms with Crippen LogP contribution in [0.4, 0.5) is 11.4 Å². The molecule has 0 radical (unpaired) electrons. The fraction of sp³-hybridized carbons (Fsp3) is 0.179. The van der Waals surface area contributed by atoms with E-state index >= 15 is 0 Å². The number of anilines is 1. The van der Waals surface area contributed by atoms with Gasteiger partial charge in [0.15, 0.2) is 0 Å². The van der Waals surface area contributed by atoms with Gasteiger partial charge in [0.25, 0.3) is 5.69 Å². The van der Waals surface area contributed by atoms with Gasteiger partial charge in [-0.15, -0.1) is 0 Å². The fourth-order valence-corrected chi connectivity index (χ4v) is 7.83. The Hall–Kier alpha value is -3.93. The van der Waals surface area contributed by atoms with Gasteiger partial charge in [0.05, 0.1) is 21.6 Å². The maximum absolute atomic E-state index is 14.0. The number of aryl methyl sites for hydroxylation is 1. The Bertz CT molecular complexity index is 1730. The van der Waals surface area contributed by atoms with E-state index in [9.17, 15) is 24.5 Å². The SMILES string of the molecule is Cc1ccc(N2C(=O)C3Sc4[nH]c(=O)sc4C(c4cc([N+](=O)[O-])ccc4OCc4cccc(Cl)c4)C3C2=O)cc1. The third kappa shape index (κ3) is 4.59. The molecule has 2 amide bonds. The van der Waals surface area contributed by atoms with Gasteiger partial charge in [0.2, 0.25) is 11.8 Å². The van der Waals surface area contributed by atoms with Gasteiger partial charge >= 0.3 is 4.87 Å². The quantitative estimate of drug-likeness (QED) is 0.173. The first-order valence-electron chi connectivity index (χ1n) is 12.2. The Morgan fingerprint density at radius 1 is 1.05 bits per heavy atom. The largest absolute Gasteiger partial charge is 0.489 e. The van der Waals surface area contributed by atoms with Crippen molar-refractivity contribution < 1.29 is 19.2 Å². The maximum atomic E-state index is 14.0. The van der Waals surface area contributed by atoms with Crippen LogP contribution in [-0.2, 0) is 16.2 Å². The zero-order valence-corrected chi connectivity index (χ0v) is 23.2. The van der Waals surface area contributed by atoms with Crippen LogP contribution >= 0.6 is 34.7 Å². The highest BCUT2D eigenvalue weighted by Gasteiger charge is 2.57. The first-order valence-corrected chi connectivity index (χ1v) is 14.3. The number of ether oxygens (including phenoxy) is 1. The van der Waals surface area contributed by atoms with Crippen LogP contribution in [0, 0.1) is 23.0 Å². The summed E-state index contributed by atoms with van der Waals surface area (Å²) in [7, 11) is 0. The third-order valence-electron chi connectivity index (χ3n) is 6.94. The molecule has 4 aromatic rings. The second-order valence-electron chi connectivity index (χ2n) is 9.50. The number of fused-ring (bicyclic) bond motifs is 2. The number of thiazole rings is 1. The van der Waals surface area contributed by atoms with Crippen molar-refractivity contribution in [2.24, 2.45) is 5.92 Å². The molecule has 40 heavy (non-hydrogen) atoms. The number of hydrogen-bond acceptors (Lipinski definition) is 8. The summed E-state index contributed by atoms with van der Waals surface area (Å²) in [5.41, 5.74) is 2.36. The summed E-state index contributed by atoms with van der Waals surface area (Å²) < 4.78 is 6.14. The lowest BCUT2D eigenvalue weighted by Gasteiger charge is -2.30. The van der Waals surface area contributed by atoms with E-state index < -0.39 is 33.8 Å². The first kappa shape index (κ1) is 26.3. The number of nitro benzene ring substituents is 1. The smallest absolute Gasteiger partial charge is 0.305 e. The number of H-pyrrole nitrogens is 1. The molecule has 0 saturated carbocycles. The van der Waals surface area contributed by atoms with Gasteiger partial charge in [0.1, 0.15) is 17.6 Å². The summed E-state index contributed by atoms with van der Waals surface area (Å²) in [6, 6.07) is 18.3. The fourth-order valence-electron chi connectivity index (χ4n) is 5.11. The number of non-ortho nitro benzene ring substituents is 1. The molecule has 12 heteroatoms. The highest BCUT2D eigenvalue weighted by atomic mass is 35.5. The molecule has 3 aromatic carbocycles. The highest BCUT2D eigenvalue weighted by Crippen LogP contribution is 2.55. The molecule has 0 aliphatic carbocycles. The molecule has 1 saturated heterocycles. The normalized spacial score (nSPS) is 19.9. The minimum atomic E-state index is -0.909. The van der Waals surface area contributed by atoms with Crippen molar-refractivity contribution in [3.05, 3.63) is 113 Å². The van der Waals surface area contributed by atoms with Crippen molar-refractivity contribution in [2.45, 2.75) is 29.7 Å². The van der Waals surface area contributed by atoms with Crippen molar-refractivity contribution in [1.29, 1.82) is 0 Å². The summed E-state index contributed by atoms with van der Waals surface area (Å²) in [5, 5.41) is 12.0. The molecule has 1 fully saturated rings. The minimum Gasteiger partial charge on any atom is -0.489 e. The molecule has 2 aliphatic rings. The van der Waals surface area contributed by atoms with Crippen LogP contribution < -0.4 is 14.5 Å². The predicted molar refractivity (Wildman–Crippen MR) is 152 cm³/mol. The van der Waals surface area contributed by atoms with Gasteiger partial charge in [-0.25, -0.2) is 4.90 Å². The minimum absolute atomic E-state index is 0.111. The molecule has 3 atom stereocenters. The second-order valence-corrected chi connectivity index (χ2v) is 12.1. The van der Waals surface area contributed by atoms with Crippen molar-refractivity contribution in [2.75, 3.05) is 4.90 Å². The Morgan fingerprint density at radius 2 is 1.82 bits per heavy atom. The zero-order valence-electron chi connectivity index (χ0n) is 20.8. The molecule has 3 heterocycles. The number of rotatable bonds is 6. The molecule has 1 N–H and O–H groups in total. The monoisotopic (exact) mass is 593 g/mol. The Morgan fingerprint density at radius 3 is 2.55 bits per heavy atom. The van der Waals surface area contributed by atoms with Crippen LogP contribution in [-0.4, -0.2) is 27.0 Å². The average Bonchev–Trinajstić information content (AvgIpc) is 3.42. The van der Waals surface area contributed by atoms with Crippen molar-refractivity contribution in [3.63, 3.8) is 0 Å². The number of benzene rings is 3. The number of nitrogens with one attached hydrogen (secondary N) is 1. The summed E-state index contributed by atoms with van der Waals surface area (Å²) in [6.07, 6.45) is 0. The van der Waals surface area contributed by atoms with Crippen LogP contribution in [0.5, 0.6) is 5.75 Å². The highest BCUT2D eigenvalue weighted by molar-refractivity contribution is 8.00. The Labute approximate surface area is 240 Å². The molecule has 202 valence electrons. The molecule has 3 unspecified atom stereocenters. The second kappa shape index (κ2) is 10.2. The lowest BCUT2D eigenvalue weighted by molar-refractivity contribution is -0.385. The molecule has 9 nitrogen and oxygen atoms in total. The van der Waals surface area contributed by atoms with Gasteiger partial charge in [0, 0.05) is 33.5 Å². The molecular weight excluding hydrogens is 574 g/mol. The lowest BCUT2D eigenvalue weighted by atomic mass is 9.82. The molecule has 0 bridgehead atoms. The van der Waals surface area contributed by atoms with E-state index in [1.54, 1.807) is 30.3 Å². The first-order chi connectivity index (χ1) is 19.2. The number of aromatic amines is 1. The number of carbonyl (C=O) groups is 2. The van der Waals surface area contributed by atoms with E-state index in [1.165, 1.54) is 23.1 Å². The van der Waals surface area contributed by atoms with Gasteiger partial charge in [-0.3, -0.25) is 24.5 Å². The number of amides is 2. The Kier molecular flexibility index (Phi) is 6.73. The topological polar surface area (TPSA) is 123 Å². The van der Waals surface area contributed by atoms with Crippen molar-refractivity contribution in [3.8, 4) is 5.75 Å². The number of nitro groups is 1. The summed E-state index contributed by atoms with van der Waals surface area (Å²) in [4.78, 5) is 55.5. The maximum Gasteiger partial charge on any atom is 0.305 e. The predicted octanol–water partition coefficient (Wildman–Crippen LogP) is 5.68. The van der Waals surface area contributed by atoms with E-state index in [2.05, 4.69) is 4.98 Å². The lowest BCUT2D eigenvalue weighted by Crippen LogP contribution is -2.32. The number of hydrogen-bond donors (Lipinski definition) is 1. The van der Waals surface area contributed by atoms with Crippen LogP contribution in [0.2, 0.25) is 5.02 Å². The van der Waals surface area contributed by atoms with Crippen molar-refractivity contribution in [1.82, 2.24) is 4.98 Å². The van der Waals surface area contributed by atoms with Crippen LogP contribution in [0.1, 0.15) is 27.5 Å². The molecule has 2 aliphatic heterocycles. The van der Waals surface area contributed by atoms with Crippen LogP contribution in [0.3, 0.4) is 0 Å². The third-order valence-corrected chi connectivity index (χ3v) is 9.57. The number of aromatic nitrogens is 1. The van der Waals surface area contributed by atoms with Gasteiger partial charge in [-0.2, -0.15) is 0 Å². The average molecular weight is 594 g/mol. The number of imide groups is 1. The van der Waals surface area contributed by atoms with E-state index in [-0.39, 0.29) is 17.2 Å². The summed E-state index contributed by atoms with van der Waals surface area (Å²) >= 11 is 8.19. The molecule has 6 rings (SSSR count).